The number of benzene rings is 1. The van der Waals surface area contributed by atoms with Gasteiger partial charge in [-0.3, -0.25) is 14.8 Å². The van der Waals surface area contributed by atoms with E-state index < -0.39 is 22.1 Å². The Morgan fingerprint density at radius 1 is 1.35 bits per heavy atom. The predicted octanol–water partition coefficient (Wildman–Crippen LogP) is 0.00830. The molecule has 1 aliphatic heterocycles. The molecule has 0 saturated carbocycles. The summed E-state index contributed by atoms with van der Waals surface area (Å²) in [6.45, 7) is 0.257. The zero-order valence-electron chi connectivity index (χ0n) is 11.5. The van der Waals surface area contributed by atoms with Crippen LogP contribution in [0.25, 0.3) is 0 Å². The number of nitro groups is 1. The summed E-state index contributed by atoms with van der Waals surface area (Å²) in [6.07, 6.45) is 0.870. The molecule has 1 aromatic heterocycles. The van der Waals surface area contributed by atoms with Crippen LogP contribution in [0.4, 0.5) is 11.4 Å². The van der Waals surface area contributed by atoms with E-state index in [1.54, 1.807) is 6.07 Å². The van der Waals surface area contributed by atoms with Gasteiger partial charge in [-0.15, -0.1) is 0 Å². The van der Waals surface area contributed by atoms with Crippen LogP contribution < -0.4 is 10.2 Å². The molecule has 0 saturated heterocycles. The average Bonchev–Trinajstić information content (AvgIpc) is 2.88. The number of aromatic nitrogens is 1. The summed E-state index contributed by atoms with van der Waals surface area (Å²) < 4.78 is 31.8. The van der Waals surface area contributed by atoms with Gasteiger partial charge in [0.25, 0.3) is 15.7 Å². The fraction of sp³-hybridized carbons (Fsp3) is 0.0833. The highest BCUT2D eigenvalue weighted by atomic mass is 32.2. The molecule has 2 heterocycles. The second-order valence-electron chi connectivity index (χ2n) is 4.79. The first kappa shape index (κ1) is 15.4. The zero-order valence-corrected chi connectivity index (χ0v) is 12.4. The first-order chi connectivity index (χ1) is 10.9. The maximum atomic E-state index is 12.2. The van der Waals surface area contributed by atoms with Crippen molar-refractivity contribution in [2.75, 3.05) is 4.72 Å². The van der Waals surface area contributed by atoms with Crippen LogP contribution in [0.3, 0.4) is 0 Å². The van der Waals surface area contributed by atoms with Gasteiger partial charge in [0.1, 0.15) is 6.20 Å². The van der Waals surface area contributed by atoms with E-state index in [4.69, 9.17) is 4.65 Å². The fourth-order valence-electron chi connectivity index (χ4n) is 2.13. The molecule has 23 heavy (non-hydrogen) atoms. The molecule has 0 radical (unpaired) electrons. The van der Waals surface area contributed by atoms with E-state index in [1.165, 1.54) is 12.1 Å². The minimum Gasteiger partial charge on any atom is -0.423 e. The van der Waals surface area contributed by atoms with Crippen LogP contribution in [0.2, 0.25) is 0 Å². The SMILES string of the molecule is O=[N+]([O-])c1ccc(S(=O)(=O)Nc2ccc3c(c2)B(O)OC3)nc1. The molecule has 0 aliphatic carbocycles. The van der Waals surface area contributed by atoms with Crippen LogP contribution in [-0.4, -0.2) is 30.5 Å². The maximum absolute atomic E-state index is 12.2. The van der Waals surface area contributed by atoms with Gasteiger partial charge in [0.2, 0.25) is 0 Å². The van der Waals surface area contributed by atoms with Crippen LogP contribution in [0, 0.1) is 10.1 Å². The van der Waals surface area contributed by atoms with E-state index in [1.807, 2.05) is 0 Å². The Hall–Kier alpha value is -2.50. The smallest absolute Gasteiger partial charge is 0.423 e. The molecule has 0 atom stereocenters. The number of sulfonamides is 1. The molecule has 0 amide bonds. The van der Waals surface area contributed by atoms with Crippen LogP contribution in [0.15, 0.2) is 41.6 Å². The molecule has 2 aromatic rings. The van der Waals surface area contributed by atoms with Crippen molar-refractivity contribution in [3.05, 3.63) is 52.2 Å². The van der Waals surface area contributed by atoms with Gasteiger partial charge >= 0.3 is 7.12 Å². The van der Waals surface area contributed by atoms with Crippen LogP contribution in [0.5, 0.6) is 0 Å². The molecule has 1 aromatic carbocycles. The van der Waals surface area contributed by atoms with Crippen LogP contribution in [0.1, 0.15) is 5.56 Å². The van der Waals surface area contributed by atoms with Crippen LogP contribution in [-0.2, 0) is 21.3 Å². The van der Waals surface area contributed by atoms with Gasteiger partial charge in [-0.1, -0.05) is 6.07 Å². The third kappa shape index (κ3) is 3.02. The number of rotatable bonds is 4. The normalized spacial score (nSPS) is 13.7. The highest BCUT2D eigenvalue weighted by Gasteiger charge is 2.28. The molecule has 3 rings (SSSR count). The van der Waals surface area contributed by atoms with Crippen molar-refractivity contribution in [1.29, 1.82) is 0 Å². The molecule has 2 N–H and O–H groups in total. The summed E-state index contributed by atoms with van der Waals surface area (Å²) in [4.78, 5) is 13.5. The first-order valence-corrected chi connectivity index (χ1v) is 7.91. The Bertz CT molecular complexity index is 871. The summed E-state index contributed by atoms with van der Waals surface area (Å²) in [7, 11) is -5.09. The Kier molecular flexibility index (Phi) is 3.76. The monoisotopic (exact) mass is 335 g/mol. The summed E-state index contributed by atoms with van der Waals surface area (Å²) >= 11 is 0. The van der Waals surface area contributed by atoms with Crippen molar-refractivity contribution in [3.63, 3.8) is 0 Å². The minimum absolute atomic E-state index is 0.230. The lowest BCUT2D eigenvalue weighted by Gasteiger charge is -2.08. The summed E-state index contributed by atoms with van der Waals surface area (Å²) in [6, 6.07) is 6.75. The second kappa shape index (κ2) is 5.61. The molecular weight excluding hydrogens is 325 g/mol. The largest absolute Gasteiger partial charge is 0.491 e. The van der Waals surface area contributed by atoms with Gasteiger partial charge in [0.15, 0.2) is 5.03 Å². The first-order valence-electron chi connectivity index (χ1n) is 6.42. The molecule has 0 spiro atoms. The number of nitrogens with one attached hydrogen (secondary N) is 1. The Morgan fingerprint density at radius 3 is 2.78 bits per heavy atom. The number of hydrogen-bond donors (Lipinski definition) is 2. The van der Waals surface area contributed by atoms with Gasteiger partial charge in [-0.2, -0.15) is 8.42 Å². The lowest BCUT2D eigenvalue weighted by Crippen LogP contribution is -2.28. The highest BCUT2D eigenvalue weighted by Crippen LogP contribution is 2.19. The maximum Gasteiger partial charge on any atom is 0.491 e. The van der Waals surface area contributed by atoms with Gasteiger partial charge in [0.05, 0.1) is 11.5 Å². The summed E-state index contributed by atoms with van der Waals surface area (Å²) in [5, 5.41) is 19.8. The quantitative estimate of drug-likeness (QED) is 0.457. The predicted molar refractivity (Wildman–Crippen MR) is 80.5 cm³/mol. The van der Waals surface area contributed by atoms with Crippen molar-refractivity contribution < 1.29 is 23.0 Å². The third-order valence-electron chi connectivity index (χ3n) is 3.27. The molecule has 118 valence electrons. The Labute approximate surface area is 131 Å². The number of hydrogen-bond acceptors (Lipinski definition) is 7. The van der Waals surface area contributed by atoms with Crippen LogP contribution >= 0.6 is 0 Å². The molecule has 0 unspecified atom stereocenters. The third-order valence-corrected chi connectivity index (χ3v) is 4.56. The van der Waals surface area contributed by atoms with E-state index >= 15 is 0 Å². The Balaban J connectivity index is 1.86. The summed E-state index contributed by atoms with van der Waals surface area (Å²) in [5.74, 6) is 0. The van der Waals surface area contributed by atoms with Gasteiger partial charge in [-0.25, -0.2) is 4.98 Å². The lowest BCUT2D eigenvalue weighted by atomic mass is 9.79. The van der Waals surface area contributed by atoms with Gasteiger partial charge < -0.3 is 9.68 Å². The van der Waals surface area contributed by atoms with Gasteiger partial charge in [0, 0.05) is 11.8 Å². The number of anilines is 1. The van der Waals surface area contributed by atoms with Crippen molar-refractivity contribution in [2.24, 2.45) is 0 Å². The van der Waals surface area contributed by atoms with E-state index in [2.05, 4.69) is 9.71 Å². The topological polar surface area (TPSA) is 132 Å². The second-order valence-corrected chi connectivity index (χ2v) is 6.42. The highest BCUT2D eigenvalue weighted by molar-refractivity contribution is 7.92. The van der Waals surface area contributed by atoms with E-state index in [-0.39, 0.29) is 23.0 Å². The Morgan fingerprint density at radius 2 is 2.13 bits per heavy atom. The van der Waals surface area contributed by atoms with E-state index in [9.17, 15) is 23.6 Å². The fourth-order valence-corrected chi connectivity index (χ4v) is 3.11. The lowest BCUT2D eigenvalue weighted by molar-refractivity contribution is -0.385. The molecule has 11 heteroatoms. The summed E-state index contributed by atoms with van der Waals surface area (Å²) in [5.41, 5.74) is 1.19. The number of fused-ring (bicyclic) bond motifs is 1. The standard InChI is InChI=1S/C12H10BN3O6S/c17-13-11-5-9(2-1-8(11)7-22-13)15-23(20,21)12-4-3-10(6-14-12)16(18)19/h1-6,15,17H,7H2. The number of nitrogens with zero attached hydrogens (tertiary/aromatic N) is 2. The molecule has 1 aliphatic rings. The molecule has 0 bridgehead atoms. The van der Waals surface area contributed by atoms with Crippen molar-refractivity contribution in [3.8, 4) is 0 Å². The van der Waals surface area contributed by atoms with E-state index in [0.29, 0.717) is 5.46 Å². The average molecular weight is 335 g/mol. The van der Waals surface area contributed by atoms with Gasteiger partial charge in [-0.05, 0) is 29.2 Å². The molecule has 0 fully saturated rings. The molecular formula is C12H10BN3O6S. The van der Waals surface area contributed by atoms with Crippen molar-refractivity contribution in [1.82, 2.24) is 4.98 Å². The minimum atomic E-state index is -4.00. The number of pyridine rings is 1. The van der Waals surface area contributed by atoms with Crippen molar-refractivity contribution >= 4 is 34.0 Å². The molecule has 9 nitrogen and oxygen atoms in total. The van der Waals surface area contributed by atoms with Crippen molar-refractivity contribution in [2.45, 2.75) is 11.6 Å². The zero-order chi connectivity index (χ0) is 16.6. The van der Waals surface area contributed by atoms with E-state index in [0.717, 1.165) is 23.9 Å².